The number of anilines is 1. The number of rotatable bonds is 4. The lowest BCUT2D eigenvalue weighted by atomic mass is 10.0. The number of hydrogen-bond acceptors (Lipinski definition) is 5. The first-order valence-electron chi connectivity index (χ1n) is 7.26. The van der Waals surface area contributed by atoms with E-state index in [0.717, 1.165) is 22.6 Å². The lowest BCUT2D eigenvalue weighted by Gasteiger charge is -2.09. The van der Waals surface area contributed by atoms with Crippen molar-refractivity contribution in [2.24, 2.45) is 5.16 Å². The number of aryl methyl sites for hydroxylation is 1. The Kier molecular flexibility index (Phi) is 4.23. The Hall–Kier alpha value is -2.89. The first-order chi connectivity index (χ1) is 11.2. The molecule has 0 fully saturated rings. The predicted octanol–water partition coefficient (Wildman–Crippen LogP) is 2.53. The lowest BCUT2D eigenvalue weighted by molar-refractivity contribution is -0.125. The van der Waals surface area contributed by atoms with Gasteiger partial charge < -0.3 is 14.9 Å². The zero-order valence-corrected chi connectivity index (χ0v) is 12.9. The molecule has 0 spiro atoms. The molecular formula is C17H17N3O3. The van der Waals surface area contributed by atoms with Gasteiger partial charge in [-0.3, -0.25) is 4.79 Å². The van der Waals surface area contributed by atoms with E-state index in [-0.39, 0.29) is 5.91 Å². The molecule has 0 saturated heterocycles. The highest BCUT2D eigenvalue weighted by Gasteiger charge is 2.29. The van der Waals surface area contributed by atoms with Gasteiger partial charge in [-0.2, -0.15) is 0 Å². The minimum Gasteiger partial charge on any atom is -0.497 e. The van der Waals surface area contributed by atoms with E-state index in [2.05, 4.69) is 15.5 Å². The van der Waals surface area contributed by atoms with E-state index in [4.69, 9.17) is 9.57 Å². The molecule has 1 aliphatic heterocycles. The molecule has 1 aromatic carbocycles. The maximum atomic E-state index is 12.2. The van der Waals surface area contributed by atoms with Crippen LogP contribution >= 0.6 is 0 Å². The molecule has 1 unspecified atom stereocenters. The number of nitrogens with zero attached hydrogens (tertiary/aromatic N) is 2. The van der Waals surface area contributed by atoms with Crippen LogP contribution in [0.15, 0.2) is 47.8 Å². The van der Waals surface area contributed by atoms with Crippen LogP contribution in [0.3, 0.4) is 0 Å². The maximum absolute atomic E-state index is 12.2. The molecule has 6 heteroatoms. The number of oxime groups is 1. The molecule has 23 heavy (non-hydrogen) atoms. The van der Waals surface area contributed by atoms with E-state index in [1.54, 1.807) is 19.4 Å². The normalized spacial score (nSPS) is 16.4. The smallest absolute Gasteiger partial charge is 0.269 e. The fourth-order valence-electron chi connectivity index (χ4n) is 2.28. The monoisotopic (exact) mass is 311 g/mol. The Morgan fingerprint density at radius 3 is 2.78 bits per heavy atom. The van der Waals surface area contributed by atoms with Crippen molar-refractivity contribution < 1.29 is 14.4 Å². The molecule has 1 aromatic heterocycles. The highest BCUT2D eigenvalue weighted by molar-refractivity contribution is 6.06. The largest absolute Gasteiger partial charge is 0.497 e. The summed E-state index contributed by atoms with van der Waals surface area (Å²) < 4.78 is 5.13. The number of nitrogens with one attached hydrogen (secondary N) is 1. The number of carbonyl (C=O) groups excluding carboxylic acids is 1. The van der Waals surface area contributed by atoms with Crippen LogP contribution in [0.25, 0.3) is 0 Å². The molecule has 0 saturated carbocycles. The van der Waals surface area contributed by atoms with Crippen LogP contribution in [-0.4, -0.2) is 29.8 Å². The molecule has 3 rings (SSSR count). The van der Waals surface area contributed by atoms with Gasteiger partial charge in [0.25, 0.3) is 5.91 Å². The van der Waals surface area contributed by atoms with Crippen LogP contribution in [-0.2, 0) is 9.63 Å². The van der Waals surface area contributed by atoms with Gasteiger partial charge in [0, 0.05) is 12.6 Å². The van der Waals surface area contributed by atoms with Gasteiger partial charge in [-0.05, 0) is 54.4 Å². The fraction of sp³-hybridized carbons (Fsp3) is 0.235. The predicted molar refractivity (Wildman–Crippen MR) is 86.6 cm³/mol. The summed E-state index contributed by atoms with van der Waals surface area (Å²) >= 11 is 0. The summed E-state index contributed by atoms with van der Waals surface area (Å²) in [7, 11) is 1.62. The van der Waals surface area contributed by atoms with Gasteiger partial charge in [0.15, 0.2) is 0 Å². The minimum atomic E-state index is -0.644. The third kappa shape index (κ3) is 3.48. The molecule has 2 heterocycles. The summed E-state index contributed by atoms with van der Waals surface area (Å²) in [5.41, 5.74) is 2.68. The van der Waals surface area contributed by atoms with E-state index < -0.39 is 6.10 Å². The summed E-state index contributed by atoms with van der Waals surface area (Å²) in [5.74, 6) is 1.03. The van der Waals surface area contributed by atoms with Gasteiger partial charge in [-0.15, -0.1) is 0 Å². The highest BCUT2D eigenvalue weighted by Crippen LogP contribution is 2.20. The third-order valence-corrected chi connectivity index (χ3v) is 3.55. The minimum absolute atomic E-state index is 0.254. The lowest BCUT2D eigenvalue weighted by Crippen LogP contribution is -2.28. The third-order valence-electron chi connectivity index (χ3n) is 3.55. The highest BCUT2D eigenvalue weighted by atomic mass is 16.6. The molecule has 1 atom stereocenters. The zero-order chi connectivity index (χ0) is 16.2. The van der Waals surface area contributed by atoms with Crippen molar-refractivity contribution >= 4 is 17.4 Å². The quantitative estimate of drug-likeness (QED) is 0.941. The van der Waals surface area contributed by atoms with Gasteiger partial charge >= 0.3 is 0 Å². The molecule has 1 amide bonds. The Morgan fingerprint density at radius 2 is 2.09 bits per heavy atom. The van der Waals surface area contributed by atoms with Crippen molar-refractivity contribution in [3.63, 3.8) is 0 Å². The first-order valence-corrected chi connectivity index (χ1v) is 7.26. The number of aromatic nitrogens is 1. The van der Waals surface area contributed by atoms with Crippen molar-refractivity contribution in [1.82, 2.24) is 4.98 Å². The molecular weight excluding hydrogens is 294 g/mol. The summed E-state index contributed by atoms with van der Waals surface area (Å²) in [6.45, 7) is 1.94. The van der Waals surface area contributed by atoms with E-state index in [0.29, 0.717) is 12.2 Å². The SMILES string of the molecule is COc1ccc(C2=NOC(C(=O)Nc3cc(C)ccn3)C2)cc1. The van der Waals surface area contributed by atoms with Crippen LogP contribution in [0.1, 0.15) is 17.5 Å². The first kappa shape index (κ1) is 15.0. The van der Waals surface area contributed by atoms with Crippen LogP contribution in [0.5, 0.6) is 5.75 Å². The molecule has 2 aromatic rings. The molecule has 0 aliphatic carbocycles. The number of pyridine rings is 1. The van der Waals surface area contributed by atoms with Crippen molar-refractivity contribution in [1.29, 1.82) is 0 Å². The summed E-state index contributed by atoms with van der Waals surface area (Å²) in [5, 5.41) is 6.76. The average molecular weight is 311 g/mol. The Bertz CT molecular complexity index is 741. The van der Waals surface area contributed by atoms with Crippen molar-refractivity contribution in [3.05, 3.63) is 53.7 Å². The molecule has 1 aliphatic rings. The average Bonchev–Trinajstić information content (AvgIpc) is 3.05. The second-order valence-electron chi connectivity index (χ2n) is 5.27. The van der Waals surface area contributed by atoms with Gasteiger partial charge in [-0.25, -0.2) is 4.98 Å². The second kappa shape index (κ2) is 6.48. The Balaban J connectivity index is 1.62. The number of methoxy groups -OCH3 is 1. The summed E-state index contributed by atoms with van der Waals surface area (Å²) in [6.07, 6.45) is 1.43. The fourth-order valence-corrected chi connectivity index (χ4v) is 2.28. The summed E-state index contributed by atoms with van der Waals surface area (Å²) in [4.78, 5) is 21.6. The van der Waals surface area contributed by atoms with Crippen molar-refractivity contribution in [2.45, 2.75) is 19.4 Å². The van der Waals surface area contributed by atoms with Crippen LogP contribution in [0, 0.1) is 6.92 Å². The molecule has 0 bridgehead atoms. The molecule has 118 valence electrons. The van der Waals surface area contributed by atoms with Crippen molar-refractivity contribution in [3.8, 4) is 5.75 Å². The number of carbonyl (C=O) groups is 1. The van der Waals surface area contributed by atoms with E-state index in [9.17, 15) is 4.79 Å². The van der Waals surface area contributed by atoms with E-state index >= 15 is 0 Å². The number of hydrogen-bond donors (Lipinski definition) is 1. The Morgan fingerprint density at radius 1 is 1.30 bits per heavy atom. The maximum Gasteiger partial charge on any atom is 0.269 e. The van der Waals surface area contributed by atoms with Crippen LogP contribution in [0.2, 0.25) is 0 Å². The summed E-state index contributed by atoms with van der Waals surface area (Å²) in [6, 6.07) is 11.2. The number of ether oxygens (including phenoxy) is 1. The second-order valence-corrected chi connectivity index (χ2v) is 5.27. The van der Waals surface area contributed by atoms with Gasteiger partial charge in [0.2, 0.25) is 6.10 Å². The molecule has 1 N–H and O–H groups in total. The number of benzene rings is 1. The zero-order valence-electron chi connectivity index (χ0n) is 12.9. The van der Waals surface area contributed by atoms with Crippen LogP contribution in [0.4, 0.5) is 5.82 Å². The molecule has 0 radical (unpaired) electrons. The van der Waals surface area contributed by atoms with E-state index in [1.807, 2.05) is 37.3 Å². The molecule has 6 nitrogen and oxygen atoms in total. The van der Waals surface area contributed by atoms with E-state index in [1.165, 1.54) is 0 Å². The topological polar surface area (TPSA) is 72.8 Å². The van der Waals surface area contributed by atoms with Gasteiger partial charge in [0.05, 0.1) is 12.8 Å². The standard InChI is InChI=1S/C17H17N3O3/c1-11-7-8-18-16(9-11)19-17(21)15-10-14(20-23-15)12-3-5-13(22-2)6-4-12/h3-9,15H,10H2,1-2H3,(H,18,19,21). The van der Waals surface area contributed by atoms with Crippen molar-refractivity contribution in [2.75, 3.05) is 12.4 Å². The van der Waals surface area contributed by atoms with Gasteiger partial charge in [-0.1, -0.05) is 5.16 Å². The Labute approximate surface area is 134 Å². The number of amides is 1. The van der Waals surface area contributed by atoms with Crippen LogP contribution < -0.4 is 10.1 Å². The van der Waals surface area contributed by atoms with Gasteiger partial charge in [0.1, 0.15) is 11.6 Å².